The van der Waals surface area contributed by atoms with Crippen molar-refractivity contribution in [3.05, 3.63) is 41.1 Å². The van der Waals surface area contributed by atoms with Crippen LogP contribution in [0.4, 0.5) is 11.5 Å². The van der Waals surface area contributed by atoms with E-state index < -0.39 is 0 Å². The average Bonchev–Trinajstić information content (AvgIpc) is 3.05. The molecular formula is C14H18N6O. The first kappa shape index (κ1) is 13.3. The Kier molecular flexibility index (Phi) is 3.63. The van der Waals surface area contributed by atoms with Gasteiger partial charge < -0.3 is 15.2 Å². The molecule has 0 aliphatic rings. The summed E-state index contributed by atoms with van der Waals surface area (Å²) in [7, 11) is 1.95. The lowest BCUT2D eigenvalue weighted by Gasteiger charge is -2.07. The van der Waals surface area contributed by atoms with Gasteiger partial charge in [-0.1, -0.05) is 0 Å². The molecule has 1 aromatic carbocycles. The SMILES string of the molecule is Cn1cnc(NCCCNc2ccc3c(=O)[nH][nH]c3c2)c1. The molecule has 3 aromatic rings. The summed E-state index contributed by atoms with van der Waals surface area (Å²) < 4.78 is 1.91. The molecule has 0 radical (unpaired) electrons. The van der Waals surface area contributed by atoms with Crippen LogP contribution in [0, 0.1) is 0 Å². The zero-order chi connectivity index (χ0) is 14.7. The van der Waals surface area contributed by atoms with E-state index in [-0.39, 0.29) is 5.56 Å². The number of rotatable bonds is 6. The first-order valence-corrected chi connectivity index (χ1v) is 6.88. The maximum atomic E-state index is 11.4. The van der Waals surface area contributed by atoms with Gasteiger partial charge in [-0.15, -0.1) is 0 Å². The molecule has 0 saturated heterocycles. The van der Waals surface area contributed by atoms with Crippen molar-refractivity contribution in [2.24, 2.45) is 7.05 Å². The summed E-state index contributed by atoms with van der Waals surface area (Å²) in [6.45, 7) is 1.70. The van der Waals surface area contributed by atoms with Crippen molar-refractivity contribution in [1.29, 1.82) is 0 Å². The van der Waals surface area contributed by atoms with Crippen LogP contribution < -0.4 is 16.2 Å². The monoisotopic (exact) mass is 286 g/mol. The Balaban J connectivity index is 1.47. The minimum Gasteiger partial charge on any atom is -0.385 e. The lowest BCUT2D eigenvalue weighted by atomic mass is 10.2. The molecule has 0 atom stereocenters. The van der Waals surface area contributed by atoms with Gasteiger partial charge in [0.2, 0.25) is 0 Å². The van der Waals surface area contributed by atoms with Crippen molar-refractivity contribution in [2.75, 3.05) is 23.7 Å². The number of anilines is 2. The first-order valence-electron chi connectivity index (χ1n) is 6.88. The third-order valence-corrected chi connectivity index (χ3v) is 3.27. The Morgan fingerprint density at radius 3 is 2.90 bits per heavy atom. The number of aromatic amines is 2. The summed E-state index contributed by atoms with van der Waals surface area (Å²) >= 11 is 0. The fourth-order valence-electron chi connectivity index (χ4n) is 2.19. The Bertz CT molecular complexity index is 784. The molecule has 0 aliphatic heterocycles. The fourth-order valence-corrected chi connectivity index (χ4v) is 2.19. The van der Waals surface area contributed by atoms with Crippen molar-refractivity contribution < 1.29 is 0 Å². The van der Waals surface area contributed by atoms with Crippen molar-refractivity contribution in [1.82, 2.24) is 19.7 Å². The van der Waals surface area contributed by atoms with E-state index in [1.54, 1.807) is 6.33 Å². The van der Waals surface area contributed by atoms with E-state index in [0.717, 1.165) is 36.5 Å². The quantitative estimate of drug-likeness (QED) is 0.517. The molecule has 0 unspecified atom stereocenters. The van der Waals surface area contributed by atoms with Gasteiger partial charge in [-0.25, -0.2) is 4.98 Å². The van der Waals surface area contributed by atoms with Crippen molar-refractivity contribution >= 4 is 22.4 Å². The number of aryl methyl sites for hydroxylation is 1. The van der Waals surface area contributed by atoms with Crippen LogP contribution in [-0.4, -0.2) is 32.8 Å². The van der Waals surface area contributed by atoms with E-state index in [2.05, 4.69) is 25.8 Å². The highest BCUT2D eigenvalue weighted by atomic mass is 16.1. The predicted molar refractivity (Wildman–Crippen MR) is 83.7 cm³/mol. The zero-order valence-electron chi connectivity index (χ0n) is 11.8. The van der Waals surface area contributed by atoms with E-state index in [1.807, 2.05) is 36.0 Å². The molecule has 0 spiro atoms. The van der Waals surface area contributed by atoms with Crippen LogP contribution in [0.3, 0.4) is 0 Å². The van der Waals surface area contributed by atoms with Gasteiger partial charge in [0, 0.05) is 32.0 Å². The van der Waals surface area contributed by atoms with Crippen LogP contribution in [0.25, 0.3) is 10.9 Å². The topological polar surface area (TPSA) is 90.5 Å². The van der Waals surface area contributed by atoms with Crippen LogP contribution in [0.2, 0.25) is 0 Å². The summed E-state index contributed by atoms with van der Waals surface area (Å²) in [5, 5.41) is 12.7. The third-order valence-electron chi connectivity index (χ3n) is 3.27. The molecule has 21 heavy (non-hydrogen) atoms. The molecule has 2 aromatic heterocycles. The smallest absolute Gasteiger partial charge is 0.271 e. The van der Waals surface area contributed by atoms with Crippen molar-refractivity contribution in [2.45, 2.75) is 6.42 Å². The molecule has 0 bridgehead atoms. The third kappa shape index (κ3) is 3.07. The summed E-state index contributed by atoms with van der Waals surface area (Å²) in [5.41, 5.74) is 1.73. The lowest BCUT2D eigenvalue weighted by molar-refractivity contribution is 0.903. The number of nitrogens with zero attached hydrogens (tertiary/aromatic N) is 2. The molecule has 0 saturated carbocycles. The number of hydrogen-bond donors (Lipinski definition) is 4. The van der Waals surface area contributed by atoms with E-state index in [4.69, 9.17) is 0 Å². The lowest BCUT2D eigenvalue weighted by Crippen LogP contribution is -2.09. The Morgan fingerprint density at radius 2 is 2.10 bits per heavy atom. The second-order valence-electron chi connectivity index (χ2n) is 4.97. The molecule has 110 valence electrons. The summed E-state index contributed by atoms with van der Waals surface area (Å²) in [5.74, 6) is 0.892. The maximum absolute atomic E-state index is 11.4. The normalized spacial score (nSPS) is 10.9. The largest absolute Gasteiger partial charge is 0.385 e. The van der Waals surface area contributed by atoms with E-state index in [0.29, 0.717) is 5.39 Å². The number of fused-ring (bicyclic) bond motifs is 1. The van der Waals surface area contributed by atoms with Gasteiger partial charge in [-0.3, -0.25) is 15.0 Å². The highest BCUT2D eigenvalue weighted by Gasteiger charge is 2.01. The molecule has 0 fully saturated rings. The average molecular weight is 286 g/mol. The number of benzene rings is 1. The van der Waals surface area contributed by atoms with Gasteiger partial charge >= 0.3 is 0 Å². The highest BCUT2D eigenvalue weighted by molar-refractivity contribution is 5.81. The Hall–Kier alpha value is -2.70. The van der Waals surface area contributed by atoms with Crippen LogP contribution in [0.1, 0.15) is 6.42 Å². The molecule has 3 rings (SSSR count). The van der Waals surface area contributed by atoms with E-state index >= 15 is 0 Å². The summed E-state index contributed by atoms with van der Waals surface area (Å²) in [6.07, 6.45) is 4.69. The number of H-pyrrole nitrogens is 2. The van der Waals surface area contributed by atoms with Gasteiger partial charge in [-0.2, -0.15) is 0 Å². The first-order chi connectivity index (χ1) is 10.2. The number of hydrogen-bond acceptors (Lipinski definition) is 4. The van der Waals surface area contributed by atoms with Gasteiger partial charge in [0.25, 0.3) is 5.56 Å². The van der Waals surface area contributed by atoms with Gasteiger partial charge in [-0.05, 0) is 24.6 Å². The Labute approximate surface area is 121 Å². The molecule has 2 heterocycles. The van der Waals surface area contributed by atoms with Crippen molar-refractivity contribution in [3.63, 3.8) is 0 Å². The fraction of sp³-hybridized carbons (Fsp3) is 0.286. The number of imidazole rings is 1. The molecule has 7 heteroatoms. The maximum Gasteiger partial charge on any atom is 0.271 e. The number of aromatic nitrogens is 4. The second kappa shape index (κ2) is 5.74. The predicted octanol–water partition coefficient (Wildman–Crippen LogP) is 1.50. The van der Waals surface area contributed by atoms with Crippen LogP contribution >= 0.6 is 0 Å². The minimum absolute atomic E-state index is 0.0869. The molecular weight excluding hydrogens is 268 g/mol. The van der Waals surface area contributed by atoms with Crippen LogP contribution in [-0.2, 0) is 7.05 Å². The molecule has 7 nitrogen and oxygen atoms in total. The highest BCUT2D eigenvalue weighted by Crippen LogP contribution is 2.14. The van der Waals surface area contributed by atoms with E-state index in [1.165, 1.54) is 0 Å². The number of nitrogens with one attached hydrogen (secondary N) is 4. The minimum atomic E-state index is -0.0869. The van der Waals surface area contributed by atoms with Crippen LogP contribution in [0.15, 0.2) is 35.5 Å². The Morgan fingerprint density at radius 1 is 1.24 bits per heavy atom. The molecule has 4 N–H and O–H groups in total. The van der Waals surface area contributed by atoms with Gasteiger partial charge in [0.05, 0.1) is 17.2 Å². The van der Waals surface area contributed by atoms with Crippen LogP contribution in [0.5, 0.6) is 0 Å². The van der Waals surface area contributed by atoms with Gasteiger partial charge in [0.1, 0.15) is 5.82 Å². The summed E-state index contributed by atoms with van der Waals surface area (Å²) in [4.78, 5) is 15.6. The molecule has 0 amide bonds. The second-order valence-corrected chi connectivity index (χ2v) is 4.97. The van der Waals surface area contributed by atoms with E-state index in [9.17, 15) is 4.79 Å². The molecule has 0 aliphatic carbocycles. The summed E-state index contributed by atoms with van der Waals surface area (Å²) in [6, 6.07) is 5.66. The zero-order valence-corrected chi connectivity index (χ0v) is 11.8. The van der Waals surface area contributed by atoms with Crippen molar-refractivity contribution in [3.8, 4) is 0 Å². The van der Waals surface area contributed by atoms with Gasteiger partial charge in [0.15, 0.2) is 0 Å². The standard InChI is InChI=1S/C14H18N6O/c1-20-8-13(17-9-20)16-6-2-5-15-10-3-4-11-12(7-10)18-19-14(11)21/h3-4,7-9,15-16H,2,5-6H2,1H3,(H2,18,19,21).